The molecule has 0 aliphatic carbocycles. The van der Waals surface area contributed by atoms with Gasteiger partial charge in [-0.25, -0.2) is 5.48 Å². The monoisotopic (exact) mass is 395 g/mol. The van der Waals surface area contributed by atoms with Crippen LogP contribution in [0.2, 0.25) is 0 Å². The first-order valence-electron chi connectivity index (χ1n) is 9.83. The van der Waals surface area contributed by atoms with Crippen molar-refractivity contribution in [1.29, 1.82) is 0 Å². The number of hydroxylamine groups is 1. The molecular formula is C22H25N3O4. The molecule has 1 unspecified atom stereocenters. The highest BCUT2D eigenvalue weighted by Gasteiger charge is 2.50. The van der Waals surface area contributed by atoms with Crippen LogP contribution in [0.15, 0.2) is 48.5 Å². The molecule has 3 N–H and O–H groups in total. The third kappa shape index (κ3) is 3.31. The van der Waals surface area contributed by atoms with Crippen molar-refractivity contribution >= 4 is 11.8 Å². The smallest absolute Gasteiger partial charge is 0.274 e. The van der Waals surface area contributed by atoms with E-state index < -0.39 is 12.1 Å². The lowest BCUT2D eigenvalue weighted by Crippen LogP contribution is -2.52. The van der Waals surface area contributed by atoms with E-state index in [1.165, 1.54) is 0 Å². The van der Waals surface area contributed by atoms with Crippen LogP contribution in [0.4, 0.5) is 0 Å². The number of fused-ring (bicyclic) bond motifs is 2. The lowest BCUT2D eigenvalue weighted by molar-refractivity contribution is -0.0365. The van der Waals surface area contributed by atoms with Gasteiger partial charge in [0.25, 0.3) is 11.8 Å². The van der Waals surface area contributed by atoms with Gasteiger partial charge in [0.15, 0.2) is 0 Å². The summed E-state index contributed by atoms with van der Waals surface area (Å²) >= 11 is 0. The number of piperidine rings is 1. The van der Waals surface area contributed by atoms with Gasteiger partial charge >= 0.3 is 0 Å². The number of carbonyl (C=O) groups is 2. The average molecular weight is 395 g/mol. The molecule has 1 atom stereocenters. The minimum absolute atomic E-state index is 0.0169. The molecule has 2 heterocycles. The maximum atomic E-state index is 13.3. The second-order valence-corrected chi connectivity index (χ2v) is 7.77. The molecule has 7 nitrogen and oxygen atoms in total. The zero-order chi connectivity index (χ0) is 20.6. The molecule has 7 heteroatoms. The van der Waals surface area contributed by atoms with Crippen LogP contribution < -0.4 is 5.48 Å². The SMILES string of the molecule is CC(O)N1CCC2(CC1)c1ccccc1C(=O)N2Cc1ccc(C(=O)NO)cc1. The van der Waals surface area contributed by atoms with Crippen LogP contribution in [-0.4, -0.2) is 51.2 Å². The fraction of sp³-hybridized carbons (Fsp3) is 0.364. The molecule has 2 aromatic carbocycles. The summed E-state index contributed by atoms with van der Waals surface area (Å²) in [4.78, 5) is 28.8. The molecule has 4 rings (SSSR count). The number of hydrogen-bond acceptors (Lipinski definition) is 5. The topological polar surface area (TPSA) is 93.1 Å². The van der Waals surface area contributed by atoms with Crippen molar-refractivity contribution in [2.75, 3.05) is 13.1 Å². The molecule has 29 heavy (non-hydrogen) atoms. The van der Waals surface area contributed by atoms with Crippen molar-refractivity contribution in [2.24, 2.45) is 0 Å². The van der Waals surface area contributed by atoms with Crippen LogP contribution in [0.1, 0.15) is 51.6 Å². The van der Waals surface area contributed by atoms with Gasteiger partial charge in [0.05, 0.1) is 5.54 Å². The fourth-order valence-electron chi connectivity index (χ4n) is 4.60. The summed E-state index contributed by atoms with van der Waals surface area (Å²) in [6.45, 7) is 3.63. The van der Waals surface area contributed by atoms with E-state index in [1.54, 1.807) is 36.7 Å². The number of aliphatic hydroxyl groups is 1. The Morgan fingerprint density at radius 1 is 1.14 bits per heavy atom. The first-order valence-corrected chi connectivity index (χ1v) is 9.83. The summed E-state index contributed by atoms with van der Waals surface area (Å²) < 4.78 is 0. The van der Waals surface area contributed by atoms with E-state index >= 15 is 0 Å². The molecule has 0 aromatic heterocycles. The average Bonchev–Trinajstić information content (AvgIpc) is 2.97. The summed E-state index contributed by atoms with van der Waals surface area (Å²) in [7, 11) is 0. The summed E-state index contributed by atoms with van der Waals surface area (Å²) in [5.74, 6) is -0.550. The number of hydrogen-bond donors (Lipinski definition) is 3. The fourth-order valence-corrected chi connectivity index (χ4v) is 4.60. The quantitative estimate of drug-likeness (QED) is 0.545. The minimum atomic E-state index is -0.567. The number of nitrogens with zero attached hydrogens (tertiary/aromatic N) is 2. The highest BCUT2D eigenvalue weighted by Crippen LogP contribution is 2.47. The van der Waals surface area contributed by atoms with Gasteiger partial charge in [-0.2, -0.15) is 0 Å². The van der Waals surface area contributed by atoms with Gasteiger partial charge in [0.2, 0.25) is 0 Å². The number of likely N-dealkylation sites (tertiary alicyclic amines) is 1. The Hall–Kier alpha value is -2.74. The lowest BCUT2D eigenvalue weighted by atomic mass is 9.80. The van der Waals surface area contributed by atoms with Crippen LogP contribution >= 0.6 is 0 Å². The van der Waals surface area contributed by atoms with E-state index in [-0.39, 0.29) is 11.4 Å². The van der Waals surface area contributed by atoms with E-state index in [9.17, 15) is 14.7 Å². The number of rotatable bonds is 4. The summed E-state index contributed by atoms with van der Waals surface area (Å²) in [6, 6.07) is 14.7. The van der Waals surface area contributed by atoms with Crippen LogP contribution in [0, 0.1) is 0 Å². The maximum Gasteiger partial charge on any atom is 0.274 e. The normalized spacial score (nSPS) is 19.3. The Morgan fingerprint density at radius 3 is 2.41 bits per heavy atom. The molecule has 0 radical (unpaired) electrons. The summed E-state index contributed by atoms with van der Waals surface area (Å²) in [5, 5.41) is 18.7. The van der Waals surface area contributed by atoms with Crippen molar-refractivity contribution in [1.82, 2.24) is 15.3 Å². The third-order valence-corrected chi connectivity index (χ3v) is 6.23. The van der Waals surface area contributed by atoms with Gasteiger partial charge in [-0.05, 0) is 49.1 Å². The van der Waals surface area contributed by atoms with Crippen molar-refractivity contribution in [3.63, 3.8) is 0 Å². The Bertz CT molecular complexity index is 918. The summed E-state index contributed by atoms with van der Waals surface area (Å²) in [6.07, 6.45) is 1.01. The van der Waals surface area contributed by atoms with Gasteiger partial charge in [-0.1, -0.05) is 30.3 Å². The molecular weight excluding hydrogens is 370 g/mol. The maximum absolute atomic E-state index is 13.3. The number of aliphatic hydroxyl groups excluding tert-OH is 1. The van der Waals surface area contributed by atoms with Crippen molar-refractivity contribution < 1.29 is 19.9 Å². The molecule has 1 saturated heterocycles. The number of amides is 2. The van der Waals surface area contributed by atoms with Gasteiger partial charge in [0.1, 0.15) is 6.23 Å². The van der Waals surface area contributed by atoms with Crippen LogP contribution in [0.3, 0.4) is 0 Å². The van der Waals surface area contributed by atoms with Crippen molar-refractivity contribution in [3.05, 3.63) is 70.8 Å². The predicted octanol–water partition coefficient (Wildman–Crippen LogP) is 2.09. The Morgan fingerprint density at radius 2 is 1.79 bits per heavy atom. The zero-order valence-electron chi connectivity index (χ0n) is 16.3. The zero-order valence-corrected chi connectivity index (χ0v) is 16.3. The first kappa shape index (κ1) is 19.6. The number of nitrogens with one attached hydrogen (secondary N) is 1. The van der Waals surface area contributed by atoms with Crippen molar-refractivity contribution in [3.8, 4) is 0 Å². The van der Waals surface area contributed by atoms with E-state index in [0.29, 0.717) is 25.2 Å². The second-order valence-electron chi connectivity index (χ2n) is 7.77. The minimum Gasteiger partial charge on any atom is -0.379 e. The highest BCUT2D eigenvalue weighted by molar-refractivity contribution is 6.00. The number of carbonyl (C=O) groups excluding carboxylic acids is 2. The molecule has 2 aliphatic rings. The Balaban J connectivity index is 1.65. The second kappa shape index (κ2) is 7.59. The largest absolute Gasteiger partial charge is 0.379 e. The van der Waals surface area contributed by atoms with E-state index in [2.05, 4.69) is 0 Å². The molecule has 1 fully saturated rings. The van der Waals surface area contributed by atoms with Crippen LogP contribution in [-0.2, 0) is 12.1 Å². The molecule has 0 bridgehead atoms. The molecule has 2 amide bonds. The number of benzene rings is 2. The van der Waals surface area contributed by atoms with Gasteiger partial charge in [0, 0.05) is 30.8 Å². The van der Waals surface area contributed by atoms with E-state index in [4.69, 9.17) is 5.21 Å². The van der Waals surface area contributed by atoms with Gasteiger partial charge < -0.3 is 10.0 Å². The molecule has 152 valence electrons. The van der Waals surface area contributed by atoms with E-state index in [0.717, 1.165) is 29.5 Å². The van der Waals surface area contributed by atoms with Crippen LogP contribution in [0.5, 0.6) is 0 Å². The van der Waals surface area contributed by atoms with Crippen LogP contribution in [0.25, 0.3) is 0 Å². The molecule has 2 aromatic rings. The van der Waals surface area contributed by atoms with Gasteiger partial charge in [-0.15, -0.1) is 0 Å². The highest BCUT2D eigenvalue weighted by atomic mass is 16.5. The van der Waals surface area contributed by atoms with E-state index in [1.807, 2.05) is 34.1 Å². The third-order valence-electron chi connectivity index (χ3n) is 6.23. The Kier molecular flexibility index (Phi) is 5.12. The van der Waals surface area contributed by atoms with Gasteiger partial charge in [-0.3, -0.25) is 19.7 Å². The predicted molar refractivity (Wildman–Crippen MR) is 106 cm³/mol. The molecule has 2 aliphatic heterocycles. The Labute approximate surface area is 169 Å². The molecule has 1 spiro atoms. The first-order chi connectivity index (χ1) is 14.0. The summed E-state index contributed by atoms with van der Waals surface area (Å²) in [5.41, 5.74) is 4.31. The van der Waals surface area contributed by atoms with Crippen molar-refractivity contribution in [2.45, 2.75) is 38.1 Å². The lowest BCUT2D eigenvalue weighted by Gasteiger charge is -2.46. The molecule has 0 saturated carbocycles. The standard InChI is InChI=1S/C22H25N3O4/c1-15(26)24-12-10-22(11-13-24)19-5-3-2-4-18(19)21(28)25(22)14-16-6-8-17(9-7-16)20(27)23-29/h2-9,15,26,29H,10-14H2,1H3,(H,23,27).